The van der Waals surface area contributed by atoms with Gasteiger partial charge < -0.3 is 69.1 Å². The summed E-state index contributed by atoms with van der Waals surface area (Å²) in [5, 5.41) is 47.1. The second kappa shape index (κ2) is 35.9. The normalized spacial score (nSPS) is 11.8. The topological polar surface area (TPSA) is 288 Å². The van der Waals surface area contributed by atoms with E-state index in [9.17, 15) is 0 Å². The van der Waals surface area contributed by atoms with E-state index < -0.39 is 53.2 Å². The van der Waals surface area contributed by atoms with Gasteiger partial charge in [0, 0.05) is 40.8 Å². The number of hydrogen-bond donors (Lipinski definition) is 8. The van der Waals surface area contributed by atoms with Gasteiger partial charge in [0.15, 0.2) is 0 Å². The maximum atomic E-state index is 9.00. The van der Waals surface area contributed by atoms with Crippen LogP contribution in [-0.2, 0) is 42.0 Å². The molecule has 0 aromatic carbocycles. The Kier molecular flexibility index (Phi) is 54.4. The molecule has 0 amide bonds. The molecule has 10 N–H and O–H groups in total. The van der Waals surface area contributed by atoms with Crippen LogP contribution < -0.4 is 100 Å². The molecule has 2 saturated heterocycles. The van der Waals surface area contributed by atoms with E-state index in [1.165, 1.54) is 0 Å². The third-order valence-corrected chi connectivity index (χ3v) is 1.30. The average molecular weight is 530 g/mol. The summed E-state index contributed by atoms with van der Waals surface area (Å²) >= 11 is 0. The Morgan fingerprint density at radius 2 is 0.735 bits per heavy atom. The summed E-state index contributed by atoms with van der Waals surface area (Å²) in [6.07, 6.45) is 0. The van der Waals surface area contributed by atoms with Crippen LogP contribution in [0.5, 0.6) is 0 Å². The van der Waals surface area contributed by atoms with E-state index in [0.29, 0.717) is 13.1 Å². The van der Waals surface area contributed by atoms with Gasteiger partial charge in [0.1, 0.15) is 0 Å². The zero-order valence-corrected chi connectivity index (χ0v) is 26.2. The molecule has 0 aliphatic carbocycles. The van der Waals surface area contributed by atoms with Crippen molar-refractivity contribution in [3.05, 3.63) is 0 Å². The van der Waals surface area contributed by atoms with E-state index in [2.05, 4.69) is 22.9 Å². The quantitative estimate of drug-likeness (QED) is 0.146. The number of hydrogen-bond acceptors (Lipinski definition) is 13. The van der Waals surface area contributed by atoms with Crippen molar-refractivity contribution in [3.63, 3.8) is 0 Å². The first-order valence-corrected chi connectivity index (χ1v) is 7.90. The fourth-order valence-corrected chi connectivity index (χ4v) is 0.728. The van der Waals surface area contributed by atoms with E-state index in [1.54, 1.807) is 0 Å². The summed E-state index contributed by atoms with van der Waals surface area (Å²) in [5.41, 5.74) is 9.81. The number of rotatable bonds is 1. The minimum Gasteiger partial charge on any atom is -1.00 e. The maximum Gasteiger partial charge on any atom is 1.00 e. The molecule has 2 bridgehead atoms. The van der Waals surface area contributed by atoms with Crippen LogP contribution >= 0.6 is 0 Å². The fourth-order valence-electron chi connectivity index (χ4n) is 0.728. The van der Waals surface area contributed by atoms with Gasteiger partial charge in [-0.3, -0.25) is 19.2 Å². The van der Waals surface area contributed by atoms with E-state index in [4.69, 9.17) is 61.1 Å². The molecule has 34 heavy (non-hydrogen) atoms. The Labute approximate surface area is 268 Å². The fraction of sp³-hybridized carbons (Fsp3) is 0.600. The second-order valence-electron chi connectivity index (χ2n) is 4.53. The standard InChI is InChI=1S/C2H8N2.4C2H4O2.B4H2O7.3Na.3H/c3-1-2-4;4*1-2(3)4;5-1-7-3-9-2(6)10-4(8-1)11-3;;;;;;/h1-4H2;4*1H3,(H,3,4);5-6H;;;;;;/q;;;;;;3*+1;3*-1. The molecule has 0 saturated carbocycles. The van der Waals surface area contributed by atoms with Crippen LogP contribution in [0.25, 0.3) is 0 Å². The van der Waals surface area contributed by atoms with Crippen LogP contribution in [0.3, 0.4) is 0 Å². The molecule has 17 nitrogen and oxygen atoms in total. The van der Waals surface area contributed by atoms with Crippen LogP contribution in [0.1, 0.15) is 32.0 Å². The van der Waals surface area contributed by atoms with Crippen molar-refractivity contribution in [2.45, 2.75) is 27.7 Å². The molecule has 0 aromatic heterocycles. The summed E-state index contributed by atoms with van der Waals surface area (Å²) in [6, 6.07) is 0. The van der Waals surface area contributed by atoms with Gasteiger partial charge >= 0.3 is 118 Å². The van der Waals surface area contributed by atoms with Gasteiger partial charge in [-0.05, 0) is 0 Å². The molecule has 0 aromatic rings. The molecule has 0 radical (unpaired) electrons. The number of carboxylic acids is 4. The third kappa shape index (κ3) is 69.8. The third-order valence-electron chi connectivity index (χ3n) is 1.30. The molecule has 2 aliphatic heterocycles. The van der Waals surface area contributed by atoms with Crippen LogP contribution in [0, 0.1) is 0 Å². The van der Waals surface area contributed by atoms with Crippen LogP contribution in [-0.4, -0.2) is 96.7 Å². The van der Waals surface area contributed by atoms with Crippen LogP contribution in [0.4, 0.5) is 0 Å². The first-order valence-electron chi connectivity index (χ1n) is 7.90. The number of fused-ring (bicyclic) bond motifs is 2. The zero-order chi connectivity index (χ0) is 25.6. The van der Waals surface area contributed by atoms with Crippen molar-refractivity contribution in [1.82, 2.24) is 0 Å². The molecule has 184 valence electrons. The largest absolute Gasteiger partial charge is 1.00 e. The minimum atomic E-state index is -1.45. The van der Waals surface area contributed by atoms with Gasteiger partial charge in [0.2, 0.25) is 0 Å². The molecule has 2 aliphatic rings. The summed E-state index contributed by atoms with van der Waals surface area (Å²) in [5.74, 6) is -3.33. The van der Waals surface area contributed by atoms with Crippen molar-refractivity contribution < 1.29 is 165 Å². The number of carboxylic acid groups (broad SMARTS) is 4. The van der Waals surface area contributed by atoms with Crippen molar-refractivity contribution in [1.29, 1.82) is 0 Å². The van der Waals surface area contributed by atoms with Crippen LogP contribution in [0.15, 0.2) is 0 Å². The van der Waals surface area contributed by atoms with Gasteiger partial charge in [-0.25, -0.2) is 0 Å². The minimum absolute atomic E-state index is 0. The molecule has 0 atom stereocenters. The van der Waals surface area contributed by atoms with Crippen molar-refractivity contribution in [3.8, 4) is 0 Å². The monoisotopic (exact) mass is 530 g/mol. The summed E-state index contributed by atoms with van der Waals surface area (Å²) in [6.45, 7) is 5.53. The molecular weight excluding hydrogens is 500 g/mol. The Hall–Kier alpha value is 0.780. The van der Waals surface area contributed by atoms with E-state index in [0.717, 1.165) is 27.7 Å². The summed E-state index contributed by atoms with van der Waals surface area (Å²) in [7, 11) is -5.20. The maximum absolute atomic E-state index is 9.00. The predicted molar refractivity (Wildman–Crippen MR) is 108 cm³/mol. The molecule has 0 spiro atoms. The molecule has 2 heterocycles. The summed E-state index contributed by atoms with van der Waals surface area (Å²) in [4.78, 5) is 36.0. The van der Waals surface area contributed by atoms with Gasteiger partial charge in [0.25, 0.3) is 23.9 Å². The summed E-state index contributed by atoms with van der Waals surface area (Å²) < 4.78 is 22.6. The SMILES string of the molecule is CC(=O)O.CC(=O)O.CC(=O)O.CC(=O)O.NCCN.OB1OB2OB(O)OB(O1)O2.[H-].[H-].[H-].[Na+].[Na+].[Na+]. The van der Waals surface area contributed by atoms with E-state index in [1.807, 2.05) is 0 Å². The van der Waals surface area contributed by atoms with E-state index in [-0.39, 0.29) is 93.0 Å². The Balaban J connectivity index is -0.0000000309. The molecule has 2 rings (SSSR count). The van der Waals surface area contributed by atoms with E-state index >= 15 is 0 Å². The van der Waals surface area contributed by atoms with Crippen LogP contribution in [0.2, 0.25) is 0 Å². The first kappa shape index (κ1) is 51.4. The number of carbonyl (C=O) groups is 4. The number of nitrogens with two attached hydrogens (primary N) is 2. The van der Waals surface area contributed by atoms with Gasteiger partial charge in [-0.1, -0.05) is 0 Å². The first-order chi connectivity index (χ1) is 14.1. The molecule has 2 fully saturated rings. The predicted octanol–water partition coefficient (Wildman–Crippen LogP) is -12.4. The molecular formula is C10H29B4N2Na3O15. The zero-order valence-electron chi connectivity index (χ0n) is 23.2. The van der Waals surface area contributed by atoms with Gasteiger partial charge in [-0.2, -0.15) is 0 Å². The second-order valence-corrected chi connectivity index (χ2v) is 4.53. The molecule has 0 unspecified atom stereocenters. The Morgan fingerprint density at radius 3 is 0.853 bits per heavy atom. The average Bonchev–Trinajstić information content (AvgIpc) is 2.51. The Bertz CT molecular complexity index is 433. The van der Waals surface area contributed by atoms with Gasteiger partial charge in [0.05, 0.1) is 0 Å². The van der Waals surface area contributed by atoms with Crippen molar-refractivity contribution in [2.75, 3.05) is 13.1 Å². The number of aliphatic carboxylic acids is 4. The van der Waals surface area contributed by atoms with Crippen molar-refractivity contribution >= 4 is 53.2 Å². The molecule has 24 heteroatoms. The van der Waals surface area contributed by atoms with Crippen molar-refractivity contribution in [2.24, 2.45) is 11.5 Å². The Morgan fingerprint density at radius 1 is 0.588 bits per heavy atom. The van der Waals surface area contributed by atoms with Gasteiger partial charge in [-0.15, -0.1) is 0 Å². The smallest absolute Gasteiger partial charge is 1.00 e.